The zero-order valence-corrected chi connectivity index (χ0v) is 13.4. The van der Waals surface area contributed by atoms with Crippen molar-refractivity contribution in [2.24, 2.45) is 0 Å². The van der Waals surface area contributed by atoms with Gasteiger partial charge in [0, 0.05) is 17.5 Å². The monoisotopic (exact) mass is 308 g/mol. The fourth-order valence-corrected chi connectivity index (χ4v) is 4.69. The zero-order valence-electron chi connectivity index (χ0n) is 11.7. The molecule has 0 bridgehead atoms. The highest BCUT2D eigenvalue weighted by Crippen LogP contribution is 2.30. The van der Waals surface area contributed by atoms with Crippen molar-refractivity contribution in [1.82, 2.24) is 9.88 Å². The molecule has 1 aliphatic rings. The second-order valence-electron chi connectivity index (χ2n) is 5.50. The molecule has 0 spiro atoms. The van der Waals surface area contributed by atoms with Gasteiger partial charge in [-0.25, -0.2) is 0 Å². The van der Waals surface area contributed by atoms with Crippen LogP contribution in [0.25, 0.3) is 10.6 Å². The smallest absolute Gasteiger partial charge is 0.305 e. The van der Waals surface area contributed by atoms with E-state index >= 15 is 0 Å². The average molecular weight is 308 g/mol. The lowest BCUT2D eigenvalue weighted by Gasteiger charge is -2.30. The summed E-state index contributed by atoms with van der Waals surface area (Å²) in [7, 11) is 2.19. The van der Waals surface area contributed by atoms with Crippen LogP contribution in [-0.4, -0.2) is 23.0 Å². The standard InChI is InChI=1S/C15H20N2OS2/c1-17(11-6-3-2-4-7-11)10-13-14(16-15(18)20-13)12-8-5-9-19-12/h5,8-9,11H,2-4,6-7,10H2,1H3,(H,16,18). The Morgan fingerprint density at radius 1 is 1.35 bits per heavy atom. The van der Waals surface area contributed by atoms with Gasteiger partial charge >= 0.3 is 4.87 Å². The van der Waals surface area contributed by atoms with E-state index < -0.39 is 0 Å². The first-order valence-electron chi connectivity index (χ1n) is 7.20. The fraction of sp³-hybridized carbons (Fsp3) is 0.533. The molecule has 0 atom stereocenters. The van der Waals surface area contributed by atoms with Crippen LogP contribution >= 0.6 is 22.7 Å². The van der Waals surface area contributed by atoms with E-state index in [1.54, 1.807) is 11.3 Å². The van der Waals surface area contributed by atoms with E-state index in [2.05, 4.69) is 28.4 Å². The number of hydrogen-bond acceptors (Lipinski definition) is 4. The lowest BCUT2D eigenvalue weighted by molar-refractivity contribution is 0.186. The van der Waals surface area contributed by atoms with Crippen LogP contribution in [0.3, 0.4) is 0 Å². The largest absolute Gasteiger partial charge is 0.311 e. The van der Waals surface area contributed by atoms with Crippen LogP contribution in [0.1, 0.15) is 37.0 Å². The molecule has 2 heterocycles. The molecule has 0 aromatic carbocycles. The van der Waals surface area contributed by atoms with Crippen molar-refractivity contribution in [2.45, 2.75) is 44.7 Å². The van der Waals surface area contributed by atoms with Gasteiger partial charge in [0.05, 0.1) is 10.6 Å². The van der Waals surface area contributed by atoms with Crippen molar-refractivity contribution in [3.05, 3.63) is 32.1 Å². The maximum Gasteiger partial charge on any atom is 0.305 e. The molecular formula is C15H20N2OS2. The molecule has 0 unspecified atom stereocenters. The molecular weight excluding hydrogens is 288 g/mol. The topological polar surface area (TPSA) is 36.1 Å². The van der Waals surface area contributed by atoms with Gasteiger partial charge in [0.15, 0.2) is 0 Å². The Bertz CT molecular complexity index is 594. The highest BCUT2D eigenvalue weighted by Gasteiger charge is 2.20. The van der Waals surface area contributed by atoms with Crippen LogP contribution in [0.2, 0.25) is 0 Å². The van der Waals surface area contributed by atoms with Crippen LogP contribution in [-0.2, 0) is 6.54 Å². The van der Waals surface area contributed by atoms with E-state index in [1.807, 2.05) is 6.07 Å². The number of nitrogens with one attached hydrogen (secondary N) is 1. The van der Waals surface area contributed by atoms with E-state index in [-0.39, 0.29) is 4.87 Å². The first-order chi connectivity index (χ1) is 9.74. The lowest BCUT2D eigenvalue weighted by Crippen LogP contribution is -2.32. The van der Waals surface area contributed by atoms with E-state index in [4.69, 9.17) is 0 Å². The Morgan fingerprint density at radius 2 is 2.15 bits per heavy atom. The number of rotatable bonds is 4. The van der Waals surface area contributed by atoms with Gasteiger partial charge in [-0.2, -0.15) is 0 Å². The van der Waals surface area contributed by atoms with Gasteiger partial charge in [-0.15, -0.1) is 11.3 Å². The summed E-state index contributed by atoms with van der Waals surface area (Å²) < 4.78 is 0. The molecule has 0 radical (unpaired) electrons. The number of nitrogens with zero attached hydrogens (tertiary/aromatic N) is 1. The van der Waals surface area contributed by atoms with Crippen molar-refractivity contribution in [2.75, 3.05) is 7.05 Å². The molecule has 0 aliphatic heterocycles. The van der Waals surface area contributed by atoms with Gasteiger partial charge in [-0.05, 0) is 31.3 Å². The second kappa shape index (κ2) is 6.24. The lowest BCUT2D eigenvalue weighted by atomic mass is 9.94. The number of hydrogen-bond donors (Lipinski definition) is 1. The number of thiophene rings is 1. The maximum absolute atomic E-state index is 11.7. The molecule has 5 heteroatoms. The second-order valence-corrected chi connectivity index (χ2v) is 7.51. The third-order valence-electron chi connectivity index (χ3n) is 4.08. The predicted molar refractivity (Wildman–Crippen MR) is 86.6 cm³/mol. The summed E-state index contributed by atoms with van der Waals surface area (Å²) in [5.74, 6) is 0. The summed E-state index contributed by atoms with van der Waals surface area (Å²) in [5, 5.41) is 2.06. The number of aromatic amines is 1. The minimum atomic E-state index is 0.0560. The number of H-pyrrole nitrogens is 1. The molecule has 1 aliphatic carbocycles. The molecule has 3 rings (SSSR count). The van der Waals surface area contributed by atoms with Crippen LogP contribution in [0.4, 0.5) is 0 Å². The molecule has 0 amide bonds. The van der Waals surface area contributed by atoms with Crippen LogP contribution in [0.15, 0.2) is 22.3 Å². The van der Waals surface area contributed by atoms with Crippen molar-refractivity contribution < 1.29 is 0 Å². The van der Waals surface area contributed by atoms with E-state index in [0.29, 0.717) is 6.04 Å². The van der Waals surface area contributed by atoms with Crippen molar-refractivity contribution in [1.29, 1.82) is 0 Å². The minimum absolute atomic E-state index is 0.0560. The van der Waals surface area contributed by atoms with Gasteiger partial charge in [-0.1, -0.05) is 36.7 Å². The van der Waals surface area contributed by atoms with Crippen LogP contribution in [0.5, 0.6) is 0 Å². The third kappa shape index (κ3) is 3.05. The van der Waals surface area contributed by atoms with Gasteiger partial charge in [0.25, 0.3) is 0 Å². The van der Waals surface area contributed by atoms with Crippen LogP contribution < -0.4 is 4.87 Å². The number of thiazole rings is 1. The summed E-state index contributed by atoms with van der Waals surface area (Å²) in [4.78, 5) is 19.5. The summed E-state index contributed by atoms with van der Waals surface area (Å²) in [6, 6.07) is 4.79. The molecule has 1 fully saturated rings. The van der Waals surface area contributed by atoms with Crippen molar-refractivity contribution in [3.63, 3.8) is 0 Å². The number of aromatic nitrogens is 1. The summed E-state index contributed by atoms with van der Waals surface area (Å²) in [5.41, 5.74) is 1.03. The van der Waals surface area contributed by atoms with Gasteiger partial charge < -0.3 is 4.98 Å². The summed E-state index contributed by atoms with van der Waals surface area (Å²) >= 11 is 3.04. The average Bonchev–Trinajstić information content (AvgIpc) is 3.09. The Labute approximate surface area is 127 Å². The Morgan fingerprint density at radius 3 is 2.85 bits per heavy atom. The molecule has 1 saturated carbocycles. The Kier molecular flexibility index (Phi) is 4.38. The summed E-state index contributed by atoms with van der Waals surface area (Å²) in [6.07, 6.45) is 6.66. The minimum Gasteiger partial charge on any atom is -0.311 e. The highest BCUT2D eigenvalue weighted by atomic mass is 32.1. The molecule has 0 saturated heterocycles. The van der Waals surface area contributed by atoms with E-state index in [1.165, 1.54) is 48.3 Å². The fourth-order valence-electron chi connectivity index (χ4n) is 2.97. The van der Waals surface area contributed by atoms with E-state index in [9.17, 15) is 4.79 Å². The molecule has 2 aromatic heterocycles. The predicted octanol–water partition coefficient (Wildman–Crippen LogP) is 3.93. The Hall–Kier alpha value is -0.910. The maximum atomic E-state index is 11.7. The zero-order chi connectivity index (χ0) is 13.9. The molecule has 108 valence electrons. The normalized spacial score (nSPS) is 16.9. The molecule has 1 N–H and O–H groups in total. The highest BCUT2D eigenvalue weighted by molar-refractivity contribution is 7.14. The van der Waals surface area contributed by atoms with Gasteiger partial charge in [-0.3, -0.25) is 9.69 Å². The quantitative estimate of drug-likeness (QED) is 0.929. The molecule has 3 nitrogen and oxygen atoms in total. The Balaban J connectivity index is 1.78. The van der Waals surface area contributed by atoms with E-state index in [0.717, 1.165) is 17.1 Å². The SMILES string of the molecule is CN(Cc1sc(=O)[nH]c1-c1cccs1)C1CCCCC1. The first-order valence-corrected chi connectivity index (χ1v) is 8.90. The van der Waals surface area contributed by atoms with Crippen LogP contribution in [0, 0.1) is 0 Å². The van der Waals surface area contributed by atoms with Gasteiger partial charge in [0.1, 0.15) is 0 Å². The van der Waals surface area contributed by atoms with Crippen molar-refractivity contribution in [3.8, 4) is 10.6 Å². The molecule has 2 aromatic rings. The van der Waals surface area contributed by atoms with Gasteiger partial charge in [0.2, 0.25) is 0 Å². The van der Waals surface area contributed by atoms with Crippen molar-refractivity contribution >= 4 is 22.7 Å². The first kappa shape index (κ1) is 14.0. The third-order valence-corrected chi connectivity index (χ3v) is 5.83. The summed E-state index contributed by atoms with van der Waals surface area (Å²) in [6.45, 7) is 0.876. The molecule has 20 heavy (non-hydrogen) atoms.